The van der Waals surface area contributed by atoms with Crippen molar-refractivity contribution < 1.29 is 9.47 Å². The summed E-state index contributed by atoms with van der Waals surface area (Å²) in [5, 5.41) is 0. The average molecular weight is 771 g/mol. The largest absolute Gasteiger partial charge is 0.474 e. The maximum atomic E-state index is 6.47. The van der Waals surface area contributed by atoms with Crippen LogP contribution in [-0.4, -0.2) is 42.1 Å². The maximum absolute atomic E-state index is 6.47. The second-order valence-electron chi connectivity index (χ2n) is 18.4. The fraction of sp³-hybridized carbons (Fsp3) is 0.400. The van der Waals surface area contributed by atoms with Crippen LogP contribution in [-0.2, 0) is 0 Å². The Morgan fingerprint density at radius 2 is 0.759 bits per heavy atom. The van der Waals surface area contributed by atoms with Gasteiger partial charge in [-0.1, -0.05) is 77.9 Å². The molecule has 6 atom stereocenters. The molecule has 0 N–H and O–H groups in total. The van der Waals surface area contributed by atoms with Gasteiger partial charge < -0.3 is 9.47 Å². The normalized spacial score (nSPS) is 27.1. The summed E-state index contributed by atoms with van der Waals surface area (Å²) in [7, 11) is 0. The summed E-state index contributed by atoms with van der Waals surface area (Å²) in [4.78, 5) is 28.0. The van der Waals surface area contributed by atoms with E-state index in [1.54, 1.807) is 12.4 Å². The van der Waals surface area contributed by atoms with Crippen molar-refractivity contribution in [1.29, 1.82) is 0 Å². The van der Waals surface area contributed by atoms with Crippen molar-refractivity contribution in [3.05, 3.63) is 122 Å². The number of hydrogen-bond acceptors (Lipinski definition) is 8. The van der Waals surface area contributed by atoms with Gasteiger partial charge in [0, 0.05) is 35.4 Å². The number of aromatic nitrogens is 6. The van der Waals surface area contributed by atoms with E-state index in [0.717, 1.165) is 70.2 Å². The minimum Gasteiger partial charge on any atom is -0.474 e. The summed E-state index contributed by atoms with van der Waals surface area (Å²) in [6, 6.07) is 35.6. The summed E-state index contributed by atoms with van der Waals surface area (Å²) >= 11 is 0. The molecule has 4 bridgehead atoms. The van der Waals surface area contributed by atoms with Crippen LogP contribution in [0.5, 0.6) is 11.8 Å². The van der Waals surface area contributed by atoms with Gasteiger partial charge in [-0.15, -0.1) is 0 Å². The molecule has 0 radical (unpaired) electrons. The number of rotatable bonds is 8. The highest BCUT2D eigenvalue weighted by molar-refractivity contribution is 5.63. The lowest BCUT2D eigenvalue weighted by atomic mass is 9.70. The van der Waals surface area contributed by atoms with Crippen LogP contribution in [0.2, 0.25) is 0 Å². The van der Waals surface area contributed by atoms with Gasteiger partial charge in [0.2, 0.25) is 11.8 Å². The summed E-state index contributed by atoms with van der Waals surface area (Å²) in [6.45, 7) is 14.4. The summed E-state index contributed by atoms with van der Waals surface area (Å²) in [5.74, 6) is 2.89. The first-order valence-electron chi connectivity index (χ1n) is 21.0. The molecule has 6 aromatic rings. The molecule has 0 saturated heterocycles. The van der Waals surface area contributed by atoms with Crippen molar-refractivity contribution in [3.8, 4) is 57.3 Å². The molecular formula is C50H54N6O2. The molecule has 4 aliphatic carbocycles. The fourth-order valence-electron chi connectivity index (χ4n) is 10.6. The van der Waals surface area contributed by atoms with E-state index < -0.39 is 0 Å². The topological polar surface area (TPSA) is 95.8 Å². The van der Waals surface area contributed by atoms with Gasteiger partial charge in [-0.05, 0) is 122 Å². The van der Waals surface area contributed by atoms with E-state index in [-0.39, 0.29) is 23.0 Å². The molecular weight excluding hydrogens is 717 g/mol. The molecule has 58 heavy (non-hydrogen) atoms. The van der Waals surface area contributed by atoms with Gasteiger partial charge in [-0.25, -0.2) is 19.9 Å². The molecule has 296 valence electrons. The maximum Gasteiger partial charge on any atom is 0.214 e. The Bertz CT molecular complexity index is 2230. The molecule has 0 aromatic carbocycles. The zero-order valence-corrected chi connectivity index (χ0v) is 34.6. The number of ether oxygens (including phenoxy) is 2. The van der Waals surface area contributed by atoms with Gasteiger partial charge >= 0.3 is 0 Å². The van der Waals surface area contributed by atoms with Crippen LogP contribution in [0, 0.1) is 33.5 Å². The standard InChI is InChI=1S/2C25H27N3O/c2*1-24(2)17-13-14-25(24,3)22(16-17)29-23-12-7-11-21(28-23)20-10-6-9-19(27-20)18-8-4-5-15-26-18/h2*4-12,15,17,22H,13-14,16H2,1-3H3/t2*17-,22+,25+/m00/s1. The van der Waals surface area contributed by atoms with Gasteiger partial charge in [-0.3, -0.25) is 9.97 Å². The molecule has 6 heterocycles. The predicted octanol–water partition coefficient (Wildman–Crippen LogP) is 11.6. The smallest absolute Gasteiger partial charge is 0.214 e. The summed E-state index contributed by atoms with van der Waals surface area (Å²) in [5.41, 5.74) is 7.81. The zero-order valence-electron chi connectivity index (χ0n) is 34.6. The highest BCUT2D eigenvalue weighted by Gasteiger charge is 2.63. The second kappa shape index (κ2) is 14.7. The third-order valence-corrected chi connectivity index (χ3v) is 15.3. The van der Waals surface area contributed by atoms with Crippen LogP contribution in [0.3, 0.4) is 0 Å². The molecule has 10 rings (SSSR count). The summed E-state index contributed by atoms with van der Waals surface area (Å²) in [6.07, 6.45) is 11.4. The summed E-state index contributed by atoms with van der Waals surface area (Å²) < 4.78 is 12.9. The van der Waals surface area contributed by atoms with Gasteiger partial charge in [0.1, 0.15) is 12.2 Å². The average Bonchev–Trinajstić information content (AvgIpc) is 3.77. The molecule has 4 aliphatic rings. The monoisotopic (exact) mass is 770 g/mol. The number of fused-ring (bicyclic) bond motifs is 4. The quantitative estimate of drug-likeness (QED) is 0.151. The Morgan fingerprint density at radius 3 is 1.09 bits per heavy atom. The highest BCUT2D eigenvalue weighted by Crippen LogP contribution is 2.67. The molecule has 6 aromatic heterocycles. The third kappa shape index (κ3) is 6.64. The Labute approximate surface area is 343 Å². The molecule has 0 aliphatic heterocycles. The molecule has 0 spiro atoms. The van der Waals surface area contributed by atoms with Crippen molar-refractivity contribution in [2.75, 3.05) is 0 Å². The molecule has 0 amide bonds. The van der Waals surface area contributed by atoms with E-state index in [1.165, 1.54) is 25.7 Å². The second-order valence-corrected chi connectivity index (χ2v) is 18.4. The third-order valence-electron chi connectivity index (χ3n) is 15.3. The molecule has 8 nitrogen and oxygen atoms in total. The van der Waals surface area contributed by atoms with E-state index >= 15 is 0 Å². The van der Waals surface area contributed by atoms with E-state index in [9.17, 15) is 0 Å². The van der Waals surface area contributed by atoms with Crippen molar-refractivity contribution in [3.63, 3.8) is 0 Å². The lowest BCUT2D eigenvalue weighted by Gasteiger charge is -2.38. The van der Waals surface area contributed by atoms with E-state index in [0.29, 0.717) is 22.6 Å². The lowest BCUT2D eigenvalue weighted by Crippen LogP contribution is -2.39. The Hall–Kier alpha value is -5.50. The lowest BCUT2D eigenvalue weighted by molar-refractivity contribution is 0.0273. The Balaban J connectivity index is 0.000000150. The zero-order chi connectivity index (χ0) is 40.1. The van der Waals surface area contributed by atoms with Crippen molar-refractivity contribution in [2.24, 2.45) is 33.5 Å². The molecule has 4 fully saturated rings. The highest BCUT2D eigenvalue weighted by atomic mass is 16.5. The number of pyridine rings is 6. The van der Waals surface area contributed by atoms with Gasteiger partial charge in [-0.2, -0.15) is 0 Å². The SMILES string of the molecule is CC1(C)[C@H]2CC[C@]1(C)[C@H](Oc1cccc(-c3cccc(-c4ccccn4)n3)n1)C2.CC1(C)[C@H]2CC[C@]1(C)[C@H](Oc1cccc(-c3cccc(-c4ccccn4)n3)n1)C2. The van der Waals surface area contributed by atoms with Crippen LogP contribution in [0.4, 0.5) is 0 Å². The van der Waals surface area contributed by atoms with Crippen LogP contribution in [0.15, 0.2) is 122 Å². The first kappa shape index (κ1) is 38.0. The van der Waals surface area contributed by atoms with Crippen molar-refractivity contribution in [1.82, 2.24) is 29.9 Å². The molecule has 0 unspecified atom stereocenters. The first-order valence-corrected chi connectivity index (χ1v) is 21.0. The van der Waals surface area contributed by atoms with Crippen LogP contribution >= 0.6 is 0 Å². The Morgan fingerprint density at radius 1 is 0.414 bits per heavy atom. The van der Waals surface area contributed by atoms with Gasteiger partial charge in [0.15, 0.2) is 0 Å². The molecule has 8 heteroatoms. The number of nitrogens with zero attached hydrogens (tertiary/aromatic N) is 6. The number of hydrogen-bond donors (Lipinski definition) is 0. The van der Waals surface area contributed by atoms with Crippen molar-refractivity contribution >= 4 is 0 Å². The Kier molecular flexibility index (Phi) is 9.65. The van der Waals surface area contributed by atoms with E-state index in [2.05, 4.69) is 51.5 Å². The first-order chi connectivity index (χ1) is 27.9. The molecule has 4 saturated carbocycles. The minimum atomic E-state index is 0.215. The van der Waals surface area contributed by atoms with Gasteiger partial charge in [0.05, 0.1) is 45.6 Å². The van der Waals surface area contributed by atoms with E-state index in [4.69, 9.17) is 29.4 Å². The van der Waals surface area contributed by atoms with Crippen LogP contribution in [0.25, 0.3) is 45.6 Å². The minimum absolute atomic E-state index is 0.215. The van der Waals surface area contributed by atoms with Crippen LogP contribution in [0.1, 0.15) is 80.1 Å². The fourth-order valence-corrected chi connectivity index (χ4v) is 10.6. The van der Waals surface area contributed by atoms with Crippen molar-refractivity contribution in [2.45, 2.75) is 92.3 Å². The predicted molar refractivity (Wildman–Crippen MR) is 229 cm³/mol. The van der Waals surface area contributed by atoms with E-state index in [1.807, 2.05) is 109 Å². The van der Waals surface area contributed by atoms with Crippen LogP contribution < -0.4 is 9.47 Å². The van der Waals surface area contributed by atoms with Gasteiger partial charge in [0.25, 0.3) is 0 Å².